The van der Waals surface area contributed by atoms with Gasteiger partial charge in [-0.15, -0.1) is 11.3 Å². The second-order valence-electron chi connectivity index (χ2n) is 4.63. The molecule has 2 rings (SSSR count). The largest absolute Gasteiger partial charge is 0.465 e. The fraction of sp³-hybridized carbons (Fsp3) is 0.583. The molecule has 8 heteroatoms. The lowest BCUT2D eigenvalue weighted by molar-refractivity contribution is 0.0924. The molecule has 0 spiro atoms. The van der Waals surface area contributed by atoms with Gasteiger partial charge in [0, 0.05) is 25.0 Å². The van der Waals surface area contributed by atoms with E-state index >= 15 is 0 Å². The summed E-state index contributed by atoms with van der Waals surface area (Å²) in [5, 5.41) is 13.5. The molecular weight excluding hydrogens is 298 g/mol. The van der Waals surface area contributed by atoms with Crippen molar-refractivity contribution in [2.24, 2.45) is 5.92 Å². The van der Waals surface area contributed by atoms with Crippen LogP contribution in [-0.4, -0.2) is 52.9 Å². The van der Waals surface area contributed by atoms with Gasteiger partial charge in [-0.2, -0.15) is 0 Å². The number of likely N-dealkylation sites (tertiary alicyclic amines) is 1. The minimum absolute atomic E-state index is 0.151. The van der Waals surface area contributed by atoms with Gasteiger partial charge in [0.05, 0.1) is 0 Å². The zero-order chi connectivity index (χ0) is 14.5. The van der Waals surface area contributed by atoms with Gasteiger partial charge in [0.2, 0.25) is 0 Å². The maximum atomic E-state index is 11.9. The van der Waals surface area contributed by atoms with Crippen LogP contribution in [0.15, 0.2) is 9.72 Å². The lowest BCUT2D eigenvalue weighted by Gasteiger charge is -2.29. The number of rotatable bonds is 4. The first kappa shape index (κ1) is 15.1. The third-order valence-electron chi connectivity index (χ3n) is 3.33. The third kappa shape index (κ3) is 3.86. The number of carbonyl (C=O) groups is 2. The van der Waals surface area contributed by atoms with Gasteiger partial charge in [0.1, 0.15) is 10.0 Å². The molecule has 1 aromatic heterocycles. The number of thioether (sulfide) groups is 1. The molecule has 0 aliphatic carbocycles. The molecule has 0 aromatic carbocycles. The Morgan fingerprint density at radius 3 is 2.80 bits per heavy atom. The summed E-state index contributed by atoms with van der Waals surface area (Å²) in [5.41, 5.74) is 0.460. The van der Waals surface area contributed by atoms with E-state index in [0.717, 1.165) is 17.2 Å². The van der Waals surface area contributed by atoms with E-state index in [1.54, 1.807) is 5.38 Å². The van der Waals surface area contributed by atoms with Crippen LogP contribution in [0, 0.1) is 5.92 Å². The van der Waals surface area contributed by atoms with Gasteiger partial charge in [-0.3, -0.25) is 4.79 Å². The molecule has 0 bridgehead atoms. The first-order chi connectivity index (χ1) is 9.60. The zero-order valence-corrected chi connectivity index (χ0v) is 12.8. The van der Waals surface area contributed by atoms with Crippen LogP contribution in [0.25, 0.3) is 0 Å². The van der Waals surface area contributed by atoms with Crippen LogP contribution in [-0.2, 0) is 0 Å². The van der Waals surface area contributed by atoms with Crippen LogP contribution >= 0.6 is 23.1 Å². The number of carbonyl (C=O) groups excluding carboxylic acids is 1. The number of nitrogens with zero attached hydrogens (tertiary/aromatic N) is 2. The lowest BCUT2D eigenvalue weighted by atomic mass is 9.97. The smallest absolute Gasteiger partial charge is 0.407 e. The highest BCUT2D eigenvalue weighted by Gasteiger charge is 2.22. The van der Waals surface area contributed by atoms with Crippen LogP contribution in [0.1, 0.15) is 23.3 Å². The number of thiazole rings is 1. The number of nitrogens with one attached hydrogen (secondary N) is 1. The average molecular weight is 315 g/mol. The van der Waals surface area contributed by atoms with E-state index in [9.17, 15) is 9.59 Å². The maximum Gasteiger partial charge on any atom is 0.407 e. The summed E-state index contributed by atoms with van der Waals surface area (Å²) in [7, 11) is 0. The summed E-state index contributed by atoms with van der Waals surface area (Å²) >= 11 is 2.98. The number of hydrogen-bond acceptors (Lipinski definition) is 5. The third-order valence-corrected chi connectivity index (χ3v) is 5.19. The van der Waals surface area contributed by atoms with E-state index in [1.807, 2.05) is 6.26 Å². The van der Waals surface area contributed by atoms with Crippen molar-refractivity contribution in [3.05, 3.63) is 11.1 Å². The Balaban J connectivity index is 1.75. The molecule has 20 heavy (non-hydrogen) atoms. The Morgan fingerprint density at radius 2 is 2.25 bits per heavy atom. The molecule has 1 fully saturated rings. The normalized spacial score (nSPS) is 16.1. The topological polar surface area (TPSA) is 82.5 Å². The van der Waals surface area contributed by atoms with Crippen molar-refractivity contribution in [2.45, 2.75) is 17.2 Å². The first-order valence-electron chi connectivity index (χ1n) is 6.35. The summed E-state index contributed by atoms with van der Waals surface area (Å²) in [4.78, 5) is 28.3. The van der Waals surface area contributed by atoms with Crippen LogP contribution in [0.3, 0.4) is 0 Å². The second-order valence-corrected chi connectivity index (χ2v) is 6.54. The first-order valence-corrected chi connectivity index (χ1v) is 8.46. The molecular formula is C12H17N3O3S2. The Labute approximate surface area is 125 Å². The van der Waals surface area contributed by atoms with Gasteiger partial charge in [0.15, 0.2) is 0 Å². The Kier molecular flexibility index (Phi) is 5.24. The highest BCUT2D eigenvalue weighted by molar-refractivity contribution is 8.00. The van der Waals surface area contributed by atoms with E-state index in [0.29, 0.717) is 31.2 Å². The van der Waals surface area contributed by atoms with Crippen LogP contribution < -0.4 is 5.32 Å². The molecule has 1 aromatic rings. The van der Waals surface area contributed by atoms with Crippen molar-refractivity contribution in [1.29, 1.82) is 0 Å². The monoisotopic (exact) mass is 315 g/mol. The highest BCUT2D eigenvalue weighted by Crippen LogP contribution is 2.20. The lowest BCUT2D eigenvalue weighted by Crippen LogP contribution is -2.40. The summed E-state index contributed by atoms with van der Waals surface area (Å²) in [6.45, 7) is 1.67. The molecule has 2 N–H and O–H groups in total. The van der Waals surface area contributed by atoms with E-state index in [-0.39, 0.29) is 5.91 Å². The standard InChI is InChI=1S/C12H17N3O3S2/c1-19-11-14-9(7-20-11)10(16)13-6-8-2-4-15(5-3-8)12(17)18/h7-8H,2-6H2,1H3,(H,13,16)(H,17,18). The molecule has 1 aliphatic heterocycles. The number of amides is 2. The number of hydrogen-bond donors (Lipinski definition) is 2. The van der Waals surface area contributed by atoms with E-state index in [1.165, 1.54) is 28.0 Å². The van der Waals surface area contributed by atoms with Crippen molar-refractivity contribution in [2.75, 3.05) is 25.9 Å². The van der Waals surface area contributed by atoms with Gasteiger partial charge < -0.3 is 15.3 Å². The molecule has 0 saturated carbocycles. The van der Waals surface area contributed by atoms with Crippen molar-refractivity contribution in [3.63, 3.8) is 0 Å². The fourth-order valence-electron chi connectivity index (χ4n) is 2.11. The molecule has 1 saturated heterocycles. The predicted octanol–water partition coefficient (Wildman–Crippen LogP) is 1.98. The molecule has 1 aliphatic rings. The van der Waals surface area contributed by atoms with Gasteiger partial charge >= 0.3 is 6.09 Å². The number of aromatic nitrogens is 1. The van der Waals surface area contributed by atoms with Gasteiger partial charge in [0.25, 0.3) is 5.91 Å². The number of carboxylic acid groups (broad SMARTS) is 1. The zero-order valence-electron chi connectivity index (χ0n) is 11.2. The highest BCUT2D eigenvalue weighted by atomic mass is 32.2. The Bertz CT molecular complexity index is 484. The minimum atomic E-state index is -0.862. The Morgan fingerprint density at radius 1 is 1.55 bits per heavy atom. The van der Waals surface area contributed by atoms with Crippen molar-refractivity contribution in [1.82, 2.24) is 15.2 Å². The van der Waals surface area contributed by atoms with Gasteiger partial charge in [-0.25, -0.2) is 9.78 Å². The molecule has 0 radical (unpaired) electrons. The van der Waals surface area contributed by atoms with E-state index in [2.05, 4.69) is 10.3 Å². The van der Waals surface area contributed by atoms with E-state index in [4.69, 9.17) is 5.11 Å². The van der Waals surface area contributed by atoms with Crippen LogP contribution in [0.2, 0.25) is 0 Å². The van der Waals surface area contributed by atoms with Gasteiger partial charge in [-0.05, 0) is 25.0 Å². The van der Waals surface area contributed by atoms with E-state index < -0.39 is 6.09 Å². The molecule has 6 nitrogen and oxygen atoms in total. The van der Waals surface area contributed by atoms with Crippen molar-refractivity contribution >= 4 is 35.1 Å². The van der Waals surface area contributed by atoms with Gasteiger partial charge in [-0.1, -0.05) is 11.8 Å². The average Bonchev–Trinajstić information content (AvgIpc) is 2.94. The summed E-state index contributed by atoms with van der Waals surface area (Å²) < 4.78 is 0.880. The summed E-state index contributed by atoms with van der Waals surface area (Å²) in [6.07, 6.45) is 2.65. The molecule has 0 atom stereocenters. The van der Waals surface area contributed by atoms with Crippen molar-refractivity contribution in [3.8, 4) is 0 Å². The minimum Gasteiger partial charge on any atom is -0.465 e. The summed E-state index contributed by atoms with van der Waals surface area (Å²) in [5.74, 6) is 0.190. The fourth-order valence-corrected chi connectivity index (χ4v) is 3.35. The molecule has 110 valence electrons. The van der Waals surface area contributed by atoms with Crippen LogP contribution in [0.4, 0.5) is 4.79 Å². The second kappa shape index (κ2) is 6.94. The van der Waals surface area contributed by atoms with Crippen LogP contribution in [0.5, 0.6) is 0 Å². The quantitative estimate of drug-likeness (QED) is 0.830. The molecule has 0 unspecified atom stereocenters. The van der Waals surface area contributed by atoms with Crippen molar-refractivity contribution < 1.29 is 14.7 Å². The SMILES string of the molecule is CSc1nc(C(=O)NCC2CCN(C(=O)O)CC2)cs1. The molecule has 2 heterocycles. The Hall–Kier alpha value is -1.28. The molecule has 2 amide bonds. The maximum absolute atomic E-state index is 11.9. The predicted molar refractivity (Wildman–Crippen MR) is 78.6 cm³/mol. The number of piperidine rings is 1. The summed E-state index contributed by atoms with van der Waals surface area (Å²) in [6, 6.07) is 0.